The van der Waals surface area contributed by atoms with Crippen LogP contribution in [0.2, 0.25) is 0 Å². The highest BCUT2D eigenvalue weighted by Crippen LogP contribution is 2.26. The molecule has 0 bridgehead atoms. The molecule has 0 aliphatic heterocycles. The van der Waals surface area contributed by atoms with Crippen molar-refractivity contribution < 1.29 is 4.79 Å². The summed E-state index contributed by atoms with van der Waals surface area (Å²) in [5, 5.41) is 14.1. The normalized spacial score (nSPS) is 11.1. The molecule has 8 heteroatoms. The van der Waals surface area contributed by atoms with Crippen molar-refractivity contribution in [1.29, 1.82) is 5.41 Å². The smallest absolute Gasteiger partial charge is 0.253 e. The van der Waals surface area contributed by atoms with Crippen LogP contribution in [0.5, 0.6) is 0 Å². The fourth-order valence-corrected chi connectivity index (χ4v) is 3.93. The second-order valence-corrected chi connectivity index (χ2v) is 9.32. The highest BCUT2D eigenvalue weighted by molar-refractivity contribution is 6.05. The third-order valence-electron chi connectivity index (χ3n) is 5.54. The Bertz CT molecular complexity index is 1280. The zero-order chi connectivity index (χ0) is 25.7. The number of pyridine rings is 2. The van der Waals surface area contributed by atoms with Crippen LogP contribution < -0.4 is 16.2 Å². The summed E-state index contributed by atoms with van der Waals surface area (Å²) in [4.78, 5) is 35.3. The van der Waals surface area contributed by atoms with Gasteiger partial charge in [-0.3, -0.25) is 9.59 Å². The van der Waals surface area contributed by atoms with Crippen molar-refractivity contribution in [1.82, 2.24) is 20.2 Å². The van der Waals surface area contributed by atoms with Crippen LogP contribution in [-0.4, -0.2) is 47.1 Å². The second-order valence-electron chi connectivity index (χ2n) is 9.32. The fourth-order valence-electron chi connectivity index (χ4n) is 3.93. The molecule has 1 aromatic carbocycles. The fraction of sp³-hybridized carbons (Fsp3) is 0.333. The molecular formula is C27H34N6O2. The van der Waals surface area contributed by atoms with Gasteiger partial charge in [0.25, 0.3) is 11.5 Å². The van der Waals surface area contributed by atoms with E-state index in [2.05, 4.69) is 20.5 Å². The van der Waals surface area contributed by atoms with Gasteiger partial charge in [0.15, 0.2) is 0 Å². The number of aromatic nitrogens is 2. The molecule has 3 rings (SSSR count). The van der Waals surface area contributed by atoms with Gasteiger partial charge in [-0.2, -0.15) is 0 Å². The molecule has 2 heterocycles. The lowest BCUT2D eigenvalue weighted by Gasteiger charge is -2.17. The summed E-state index contributed by atoms with van der Waals surface area (Å²) in [5.74, 6) is 0.0990. The van der Waals surface area contributed by atoms with Crippen molar-refractivity contribution in [2.75, 3.05) is 19.4 Å². The standard InChI is InChI=1S/C27H34N6O2/c1-16(2)30-25-22(13-28)21(26(34)29-14-23-17(3)11-18(4)31-27(23)35)12-24(32-25)20-9-7-19(8-10-20)15-33(5)6/h7-13,16,28H,14-15H2,1-6H3,(H,29,34)(H,30,32)(H,31,35). The van der Waals surface area contributed by atoms with Gasteiger partial charge in [-0.1, -0.05) is 24.3 Å². The van der Waals surface area contributed by atoms with Gasteiger partial charge in [0.2, 0.25) is 0 Å². The van der Waals surface area contributed by atoms with Crippen molar-refractivity contribution in [2.45, 2.75) is 46.8 Å². The summed E-state index contributed by atoms with van der Waals surface area (Å²) in [6.07, 6.45) is 1.14. The van der Waals surface area contributed by atoms with Crippen molar-refractivity contribution in [3.63, 3.8) is 0 Å². The number of benzene rings is 1. The first kappa shape index (κ1) is 25.8. The van der Waals surface area contributed by atoms with E-state index in [1.54, 1.807) is 6.07 Å². The number of carbonyl (C=O) groups excluding carboxylic acids is 1. The minimum atomic E-state index is -0.373. The van der Waals surface area contributed by atoms with E-state index in [4.69, 9.17) is 10.4 Å². The highest BCUT2D eigenvalue weighted by Gasteiger charge is 2.19. The highest BCUT2D eigenvalue weighted by atomic mass is 16.1. The van der Waals surface area contributed by atoms with Crippen LogP contribution in [0.1, 0.15) is 52.2 Å². The Balaban J connectivity index is 1.99. The quantitative estimate of drug-likeness (QED) is 0.352. The minimum absolute atomic E-state index is 0.0589. The number of hydrogen-bond donors (Lipinski definition) is 4. The Morgan fingerprint density at radius 3 is 2.43 bits per heavy atom. The van der Waals surface area contributed by atoms with Crippen molar-refractivity contribution in [3.05, 3.63) is 80.3 Å². The van der Waals surface area contributed by atoms with E-state index in [9.17, 15) is 9.59 Å². The molecule has 35 heavy (non-hydrogen) atoms. The summed E-state index contributed by atoms with van der Waals surface area (Å²) < 4.78 is 0. The van der Waals surface area contributed by atoms with Gasteiger partial charge in [0.05, 0.1) is 11.3 Å². The summed E-state index contributed by atoms with van der Waals surface area (Å²) in [6, 6.07) is 11.7. The summed E-state index contributed by atoms with van der Waals surface area (Å²) in [7, 11) is 4.04. The maximum atomic E-state index is 13.3. The molecule has 2 aromatic heterocycles. The van der Waals surface area contributed by atoms with Crippen LogP contribution in [-0.2, 0) is 13.1 Å². The van der Waals surface area contributed by atoms with Gasteiger partial charge in [-0.15, -0.1) is 0 Å². The third kappa shape index (κ3) is 6.42. The summed E-state index contributed by atoms with van der Waals surface area (Å²) in [5.41, 5.74) is 5.28. The van der Waals surface area contributed by atoms with Gasteiger partial charge in [-0.05, 0) is 65.0 Å². The first-order valence-electron chi connectivity index (χ1n) is 11.6. The first-order valence-corrected chi connectivity index (χ1v) is 11.6. The van der Waals surface area contributed by atoms with Crippen molar-refractivity contribution in [3.8, 4) is 11.3 Å². The number of aryl methyl sites for hydroxylation is 2. The first-order chi connectivity index (χ1) is 16.6. The van der Waals surface area contributed by atoms with E-state index in [0.29, 0.717) is 28.2 Å². The van der Waals surface area contributed by atoms with Crippen LogP contribution in [0.15, 0.2) is 41.2 Å². The van der Waals surface area contributed by atoms with E-state index in [1.807, 2.05) is 72.1 Å². The van der Waals surface area contributed by atoms with Gasteiger partial charge in [0, 0.05) is 47.7 Å². The number of carbonyl (C=O) groups is 1. The molecule has 4 N–H and O–H groups in total. The summed E-state index contributed by atoms with van der Waals surface area (Å²) >= 11 is 0. The molecule has 0 spiro atoms. The molecule has 0 radical (unpaired) electrons. The molecule has 8 nitrogen and oxygen atoms in total. The molecule has 0 fully saturated rings. The van der Waals surface area contributed by atoms with Gasteiger partial charge in [0.1, 0.15) is 5.82 Å². The molecule has 0 unspecified atom stereocenters. The number of rotatable bonds is 9. The topological polar surface area (TPSA) is 114 Å². The molecule has 184 valence electrons. The SMILES string of the molecule is Cc1cc(C)c(CNC(=O)c2cc(-c3ccc(CN(C)C)cc3)nc(NC(C)C)c2C=N)c(=O)[nH]1. The molecule has 0 atom stereocenters. The third-order valence-corrected chi connectivity index (χ3v) is 5.54. The van der Waals surface area contributed by atoms with Gasteiger partial charge in [-0.25, -0.2) is 4.98 Å². The molecule has 3 aromatic rings. The molecule has 0 aliphatic carbocycles. The zero-order valence-electron chi connectivity index (χ0n) is 21.2. The Labute approximate surface area is 206 Å². The van der Waals surface area contributed by atoms with Crippen molar-refractivity contribution in [2.24, 2.45) is 0 Å². The number of aromatic amines is 1. The predicted octanol–water partition coefficient (Wildman–Crippen LogP) is 3.86. The Kier molecular flexibility index (Phi) is 8.19. The molecule has 0 saturated heterocycles. The zero-order valence-corrected chi connectivity index (χ0v) is 21.2. The number of anilines is 1. The van der Waals surface area contributed by atoms with Crippen LogP contribution in [0.4, 0.5) is 5.82 Å². The van der Waals surface area contributed by atoms with E-state index >= 15 is 0 Å². The van der Waals surface area contributed by atoms with Crippen LogP contribution in [0, 0.1) is 19.3 Å². The van der Waals surface area contributed by atoms with E-state index < -0.39 is 0 Å². The van der Waals surface area contributed by atoms with Crippen LogP contribution in [0.3, 0.4) is 0 Å². The Hall–Kier alpha value is -3.78. The van der Waals surface area contributed by atoms with Gasteiger partial charge < -0.3 is 25.9 Å². The number of nitrogens with zero attached hydrogens (tertiary/aromatic N) is 2. The Morgan fingerprint density at radius 2 is 1.86 bits per heavy atom. The minimum Gasteiger partial charge on any atom is -0.367 e. The number of H-pyrrole nitrogens is 1. The second kappa shape index (κ2) is 11.1. The van der Waals surface area contributed by atoms with E-state index in [-0.39, 0.29) is 24.1 Å². The average Bonchev–Trinajstić information content (AvgIpc) is 2.77. The average molecular weight is 475 g/mol. The number of amides is 1. The van der Waals surface area contributed by atoms with E-state index in [0.717, 1.165) is 29.6 Å². The monoisotopic (exact) mass is 474 g/mol. The lowest BCUT2D eigenvalue weighted by atomic mass is 10.0. The Morgan fingerprint density at radius 1 is 1.17 bits per heavy atom. The number of hydrogen-bond acceptors (Lipinski definition) is 6. The largest absolute Gasteiger partial charge is 0.367 e. The molecule has 0 aliphatic rings. The lowest BCUT2D eigenvalue weighted by Crippen LogP contribution is -2.29. The van der Waals surface area contributed by atoms with Crippen LogP contribution >= 0.6 is 0 Å². The maximum absolute atomic E-state index is 13.3. The molecule has 1 amide bonds. The van der Waals surface area contributed by atoms with Gasteiger partial charge >= 0.3 is 0 Å². The van der Waals surface area contributed by atoms with Crippen LogP contribution in [0.25, 0.3) is 11.3 Å². The molecule has 0 saturated carbocycles. The summed E-state index contributed by atoms with van der Waals surface area (Å²) in [6.45, 7) is 8.53. The van der Waals surface area contributed by atoms with Crippen molar-refractivity contribution >= 4 is 17.9 Å². The lowest BCUT2D eigenvalue weighted by molar-refractivity contribution is 0.0950. The molecular weight excluding hydrogens is 440 g/mol. The van der Waals surface area contributed by atoms with E-state index in [1.165, 1.54) is 5.56 Å². The number of nitrogens with one attached hydrogen (secondary N) is 4. The maximum Gasteiger partial charge on any atom is 0.253 e. The predicted molar refractivity (Wildman–Crippen MR) is 141 cm³/mol.